The van der Waals surface area contributed by atoms with Crippen LogP contribution in [-0.2, 0) is 10.8 Å². The fourth-order valence-electron chi connectivity index (χ4n) is 12.5. The SMILES string of the molecule is CC1(c2ccccc2)c2cc(N(c3cccc(-c4cccc5oc6ccccc6c45)c3)c3ccc4c(c3)C(c3ccccc3)(c3ccccc3)c3ccccc3-4)ccc2-c2c(-c3ccccc3)cccc21. The van der Waals surface area contributed by atoms with E-state index in [1.165, 1.54) is 72.3 Å². The van der Waals surface area contributed by atoms with Gasteiger partial charge in [-0.1, -0.05) is 218 Å². The lowest BCUT2D eigenvalue weighted by molar-refractivity contribution is 0.669. The molecule has 0 spiro atoms. The van der Waals surface area contributed by atoms with Crippen LogP contribution in [0.4, 0.5) is 17.1 Å². The molecule has 334 valence electrons. The lowest BCUT2D eigenvalue weighted by atomic mass is 9.67. The zero-order valence-electron chi connectivity index (χ0n) is 39.3. The lowest BCUT2D eigenvalue weighted by Crippen LogP contribution is -2.28. The van der Waals surface area contributed by atoms with E-state index >= 15 is 0 Å². The summed E-state index contributed by atoms with van der Waals surface area (Å²) in [6, 6.07) is 98.3. The molecule has 0 bridgehead atoms. The fraction of sp³-hybridized carbons (Fsp3) is 0.0435. The number of fused-ring (bicyclic) bond motifs is 9. The number of benzene rings is 11. The number of para-hydroxylation sites is 1. The topological polar surface area (TPSA) is 16.4 Å². The average molecular weight is 906 g/mol. The average Bonchev–Trinajstić information content (AvgIpc) is 4.07. The van der Waals surface area contributed by atoms with Gasteiger partial charge >= 0.3 is 0 Å². The normalized spacial score (nSPS) is 15.0. The Morgan fingerprint density at radius 2 is 0.831 bits per heavy atom. The van der Waals surface area contributed by atoms with Crippen molar-refractivity contribution in [3.8, 4) is 44.5 Å². The minimum absolute atomic E-state index is 0.437. The van der Waals surface area contributed by atoms with E-state index in [9.17, 15) is 0 Å². The Balaban J connectivity index is 1.04. The maximum atomic E-state index is 6.44. The van der Waals surface area contributed by atoms with Gasteiger partial charge in [0, 0.05) is 33.2 Å². The van der Waals surface area contributed by atoms with Crippen molar-refractivity contribution in [2.75, 3.05) is 4.90 Å². The van der Waals surface area contributed by atoms with Crippen molar-refractivity contribution in [1.29, 1.82) is 0 Å². The molecule has 1 unspecified atom stereocenters. The van der Waals surface area contributed by atoms with Crippen molar-refractivity contribution in [2.45, 2.75) is 17.8 Å². The molecule has 2 nitrogen and oxygen atoms in total. The van der Waals surface area contributed by atoms with Gasteiger partial charge in [-0.3, -0.25) is 0 Å². The smallest absolute Gasteiger partial charge is 0.136 e. The first kappa shape index (κ1) is 41.0. The van der Waals surface area contributed by atoms with E-state index in [0.29, 0.717) is 0 Å². The van der Waals surface area contributed by atoms with Gasteiger partial charge in [-0.25, -0.2) is 0 Å². The maximum Gasteiger partial charge on any atom is 0.136 e. The molecule has 71 heavy (non-hydrogen) atoms. The highest BCUT2D eigenvalue weighted by Gasteiger charge is 2.47. The third kappa shape index (κ3) is 6.08. The maximum absolute atomic E-state index is 6.44. The van der Waals surface area contributed by atoms with Crippen molar-refractivity contribution < 1.29 is 4.42 Å². The van der Waals surface area contributed by atoms with Gasteiger partial charge in [-0.05, 0) is 139 Å². The van der Waals surface area contributed by atoms with Crippen molar-refractivity contribution in [3.05, 3.63) is 306 Å². The third-order valence-electron chi connectivity index (χ3n) is 15.6. The molecule has 1 heterocycles. The predicted octanol–water partition coefficient (Wildman–Crippen LogP) is 18.1. The Bertz CT molecular complexity index is 3960. The number of furan rings is 1. The van der Waals surface area contributed by atoms with Crippen LogP contribution in [0.15, 0.2) is 271 Å². The molecule has 1 aromatic heterocycles. The van der Waals surface area contributed by atoms with Gasteiger partial charge in [0.1, 0.15) is 11.2 Å². The van der Waals surface area contributed by atoms with Crippen LogP contribution in [0.2, 0.25) is 0 Å². The first-order valence-corrected chi connectivity index (χ1v) is 24.7. The van der Waals surface area contributed by atoms with E-state index in [4.69, 9.17) is 4.42 Å². The van der Waals surface area contributed by atoms with Crippen molar-refractivity contribution in [2.24, 2.45) is 0 Å². The van der Waals surface area contributed by atoms with E-state index in [2.05, 4.69) is 273 Å². The molecule has 0 saturated carbocycles. The minimum atomic E-state index is -0.560. The molecule has 1 atom stereocenters. The van der Waals surface area contributed by atoms with Gasteiger partial charge in [-0.2, -0.15) is 0 Å². The molecule has 11 aromatic carbocycles. The Morgan fingerprint density at radius 1 is 0.324 bits per heavy atom. The first-order valence-electron chi connectivity index (χ1n) is 24.7. The number of nitrogens with zero attached hydrogens (tertiary/aromatic N) is 1. The summed E-state index contributed by atoms with van der Waals surface area (Å²) in [6.45, 7) is 2.42. The molecule has 0 aliphatic heterocycles. The molecular weight excluding hydrogens is 859 g/mol. The van der Waals surface area contributed by atoms with Gasteiger partial charge in [0.25, 0.3) is 0 Å². The molecule has 2 heteroatoms. The quantitative estimate of drug-likeness (QED) is 0.151. The molecule has 14 rings (SSSR count). The van der Waals surface area contributed by atoms with Crippen LogP contribution in [0, 0.1) is 0 Å². The highest BCUT2D eigenvalue weighted by atomic mass is 16.3. The first-order chi connectivity index (χ1) is 35.1. The molecule has 0 fully saturated rings. The zero-order valence-corrected chi connectivity index (χ0v) is 39.3. The second kappa shape index (κ2) is 16.1. The number of hydrogen-bond acceptors (Lipinski definition) is 2. The van der Waals surface area contributed by atoms with E-state index in [1.807, 2.05) is 6.07 Å². The van der Waals surface area contributed by atoms with Crippen molar-refractivity contribution >= 4 is 39.0 Å². The molecule has 0 saturated heterocycles. The second-order valence-corrected chi connectivity index (χ2v) is 19.2. The molecule has 12 aromatic rings. The summed E-state index contributed by atoms with van der Waals surface area (Å²) in [5.74, 6) is 0. The highest BCUT2D eigenvalue weighted by Crippen LogP contribution is 2.59. The number of hydrogen-bond donors (Lipinski definition) is 0. The Labute approximate surface area is 414 Å². The Kier molecular flexibility index (Phi) is 9.28. The van der Waals surface area contributed by atoms with Crippen LogP contribution < -0.4 is 4.90 Å². The van der Waals surface area contributed by atoms with Crippen LogP contribution >= 0.6 is 0 Å². The Hall–Kier alpha value is -8.98. The van der Waals surface area contributed by atoms with Crippen molar-refractivity contribution in [3.63, 3.8) is 0 Å². The van der Waals surface area contributed by atoms with Crippen LogP contribution in [0.5, 0.6) is 0 Å². The van der Waals surface area contributed by atoms with Gasteiger partial charge in [0.15, 0.2) is 0 Å². The predicted molar refractivity (Wildman–Crippen MR) is 294 cm³/mol. The Morgan fingerprint density at radius 3 is 1.58 bits per heavy atom. The molecule has 0 amide bonds. The largest absolute Gasteiger partial charge is 0.456 e. The monoisotopic (exact) mass is 905 g/mol. The van der Waals surface area contributed by atoms with E-state index < -0.39 is 10.8 Å². The van der Waals surface area contributed by atoms with Gasteiger partial charge in [0.2, 0.25) is 0 Å². The standard InChI is InChI=1S/C69H47NO/c1-68(48-24-8-3-9-25-48)61-36-19-33-54(46-21-6-2-7-22-46)66(61)58-42-40-52(44-62(58)68)70(51-30-18-23-47(43-51)55-34-20-38-65-67(55)59-32-15-17-37-64(59)71-65)53-39-41-57-56-31-14-16-35-60(56)69(63(57)45-53,49-26-10-4-11-27-49)50-28-12-5-13-29-50/h2-45H,1H3. The molecule has 0 radical (unpaired) electrons. The van der Waals surface area contributed by atoms with Crippen LogP contribution in [0.1, 0.15) is 45.9 Å². The van der Waals surface area contributed by atoms with Crippen LogP contribution in [0.3, 0.4) is 0 Å². The number of anilines is 3. The molecule has 2 aliphatic rings. The van der Waals surface area contributed by atoms with E-state index in [0.717, 1.165) is 50.1 Å². The number of rotatable bonds is 8. The van der Waals surface area contributed by atoms with Crippen molar-refractivity contribution in [1.82, 2.24) is 0 Å². The summed E-state index contributed by atoms with van der Waals surface area (Å²) in [4.78, 5) is 2.49. The van der Waals surface area contributed by atoms with E-state index in [-0.39, 0.29) is 0 Å². The zero-order chi connectivity index (χ0) is 47.1. The van der Waals surface area contributed by atoms with Crippen LogP contribution in [0.25, 0.3) is 66.4 Å². The van der Waals surface area contributed by atoms with Crippen LogP contribution in [-0.4, -0.2) is 0 Å². The fourth-order valence-corrected chi connectivity index (χ4v) is 12.5. The third-order valence-corrected chi connectivity index (χ3v) is 15.6. The molecular formula is C69H47NO. The summed E-state index contributed by atoms with van der Waals surface area (Å²) >= 11 is 0. The lowest BCUT2D eigenvalue weighted by Gasteiger charge is -2.35. The summed E-state index contributed by atoms with van der Waals surface area (Å²) < 4.78 is 6.44. The summed E-state index contributed by atoms with van der Waals surface area (Å²) in [5.41, 5.74) is 22.7. The summed E-state index contributed by atoms with van der Waals surface area (Å²) in [6.07, 6.45) is 0. The summed E-state index contributed by atoms with van der Waals surface area (Å²) in [5, 5.41) is 2.24. The second-order valence-electron chi connectivity index (χ2n) is 19.2. The van der Waals surface area contributed by atoms with E-state index in [1.54, 1.807) is 0 Å². The highest BCUT2D eigenvalue weighted by molar-refractivity contribution is 6.12. The van der Waals surface area contributed by atoms with Gasteiger partial charge < -0.3 is 9.32 Å². The molecule has 2 aliphatic carbocycles. The molecule has 0 N–H and O–H groups in total. The summed E-state index contributed by atoms with van der Waals surface area (Å²) in [7, 11) is 0. The van der Waals surface area contributed by atoms with Gasteiger partial charge in [-0.15, -0.1) is 0 Å². The van der Waals surface area contributed by atoms with Gasteiger partial charge in [0.05, 0.1) is 5.41 Å². The minimum Gasteiger partial charge on any atom is -0.456 e.